The molecule has 9 heteroatoms. The molecule has 3 heterocycles. The van der Waals surface area contributed by atoms with Gasteiger partial charge < -0.3 is 26.2 Å². The van der Waals surface area contributed by atoms with Crippen molar-refractivity contribution < 1.29 is 14.4 Å². The number of aromatic nitrogens is 1. The zero-order valence-electron chi connectivity index (χ0n) is 20.5. The Labute approximate surface area is 210 Å². The lowest BCUT2D eigenvalue weighted by atomic mass is 10.0. The zero-order chi connectivity index (χ0) is 25.9. The van der Waals surface area contributed by atoms with E-state index in [2.05, 4.69) is 26.3 Å². The highest BCUT2D eigenvalue weighted by Crippen LogP contribution is 2.15. The van der Waals surface area contributed by atoms with E-state index in [4.69, 9.17) is 0 Å². The van der Waals surface area contributed by atoms with Crippen LogP contribution in [-0.2, 0) is 0 Å². The summed E-state index contributed by atoms with van der Waals surface area (Å²) in [5.74, 6) is -1.30. The lowest BCUT2D eigenvalue weighted by molar-refractivity contribution is 0.0966. The molecular weight excluding hydrogens is 456 g/mol. The maximum absolute atomic E-state index is 13.0. The molecule has 0 aliphatic carbocycles. The summed E-state index contributed by atoms with van der Waals surface area (Å²) in [6.45, 7) is 5.25. The molecule has 0 spiro atoms. The molecule has 0 fully saturated rings. The van der Waals surface area contributed by atoms with Gasteiger partial charge in [-0.15, -0.1) is 0 Å². The number of allylic oxidation sites excluding steroid dienone is 2. The minimum Gasteiger partial charge on any atom is -0.387 e. The third kappa shape index (κ3) is 7.17. The van der Waals surface area contributed by atoms with E-state index in [9.17, 15) is 14.4 Å². The first-order valence-electron chi connectivity index (χ1n) is 11.7. The quantitative estimate of drug-likeness (QED) is 0.499. The summed E-state index contributed by atoms with van der Waals surface area (Å²) in [7, 11) is 1.92. The number of carbonyl (C=O) groups is 3. The molecule has 0 unspecified atom stereocenters. The fraction of sp³-hybridized carbons (Fsp3) is 0.185. The van der Waals surface area contributed by atoms with Crippen molar-refractivity contribution in [2.75, 3.05) is 25.5 Å². The van der Waals surface area contributed by atoms with Crippen LogP contribution in [0.2, 0.25) is 0 Å². The monoisotopic (exact) mass is 486 g/mol. The number of hydrogen-bond donors (Lipinski definition) is 4. The molecule has 4 rings (SSSR count). The van der Waals surface area contributed by atoms with Gasteiger partial charge in [-0.2, -0.15) is 0 Å². The molecule has 36 heavy (non-hydrogen) atoms. The summed E-state index contributed by atoms with van der Waals surface area (Å²) in [6, 6.07) is 7.69. The summed E-state index contributed by atoms with van der Waals surface area (Å²) >= 11 is 0. The number of dihydropyridines is 1. The van der Waals surface area contributed by atoms with Crippen LogP contribution >= 0.6 is 0 Å². The Hall–Kier alpha value is -4.66. The van der Waals surface area contributed by atoms with Crippen LogP contribution in [0.25, 0.3) is 0 Å². The first-order chi connectivity index (χ1) is 17.5. The summed E-state index contributed by atoms with van der Waals surface area (Å²) in [6.07, 6.45) is 13.9. The van der Waals surface area contributed by atoms with E-state index in [1.807, 2.05) is 44.1 Å². The van der Waals surface area contributed by atoms with Crippen LogP contribution in [0.4, 0.5) is 5.69 Å². The van der Waals surface area contributed by atoms with E-state index in [-0.39, 0.29) is 16.7 Å². The highest BCUT2D eigenvalue weighted by atomic mass is 16.2. The lowest BCUT2D eigenvalue weighted by Gasteiger charge is -2.18. The van der Waals surface area contributed by atoms with Gasteiger partial charge in [0.25, 0.3) is 17.7 Å². The van der Waals surface area contributed by atoms with Gasteiger partial charge in [0.15, 0.2) is 0 Å². The standard InChI is InChI=1S/C25H24N6O3.C2H6/c1-31-12-6-22(7-13-31)30-25(34)19-15-17(23(32)28-20-2-8-26-9-3-20)14-18(16-19)24(33)29-21-4-10-27-11-5-21;1-2/h2-10,12,14-16,27H,11,13H2,1H3,(H,29,33)(H,30,34)(H,26,28,32);1-2H3. The number of amides is 3. The highest BCUT2D eigenvalue weighted by Gasteiger charge is 2.18. The lowest BCUT2D eigenvalue weighted by Crippen LogP contribution is -2.28. The molecular formula is C27H30N6O3. The molecule has 1 aromatic heterocycles. The molecule has 3 amide bonds. The van der Waals surface area contributed by atoms with Gasteiger partial charge in [-0.05, 0) is 60.8 Å². The number of anilines is 1. The number of pyridine rings is 1. The fourth-order valence-electron chi connectivity index (χ4n) is 3.28. The van der Waals surface area contributed by atoms with E-state index in [0.29, 0.717) is 30.2 Å². The Kier molecular flexibility index (Phi) is 9.16. The van der Waals surface area contributed by atoms with Gasteiger partial charge in [-0.1, -0.05) is 13.8 Å². The van der Waals surface area contributed by atoms with Gasteiger partial charge in [-0.25, -0.2) is 0 Å². The second-order valence-electron chi connectivity index (χ2n) is 7.71. The average molecular weight is 487 g/mol. The van der Waals surface area contributed by atoms with Crippen molar-refractivity contribution in [1.82, 2.24) is 25.8 Å². The maximum atomic E-state index is 13.0. The minimum atomic E-state index is -0.450. The van der Waals surface area contributed by atoms with E-state index in [0.717, 1.165) is 0 Å². The van der Waals surface area contributed by atoms with Crippen LogP contribution in [0.3, 0.4) is 0 Å². The Balaban J connectivity index is 0.00000176. The molecule has 0 atom stereocenters. The van der Waals surface area contributed by atoms with Crippen LogP contribution in [0.15, 0.2) is 90.8 Å². The Bertz CT molecular complexity index is 1230. The van der Waals surface area contributed by atoms with Crippen molar-refractivity contribution in [3.63, 3.8) is 0 Å². The molecule has 2 aromatic rings. The summed E-state index contributed by atoms with van der Waals surface area (Å²) in [5, 5.41) is 11.4. The van der Waals surface area contributed by atoms with Crippen molar-refractivity contribution in [3.8, 4) is 0 Å². The SMILES string of the molecule is CC.CN1C=CC(NC(=O)c2cc(C(=O)NC3=CCNC=C3)cc(C(=O)Nc3ccncc3)c2)=CC1. The fourth-order valence-corrected chi connectivity index (χ4v) is 3.28. The molecule has 0 saturated carbocycles. The van der Waals surface area contributed by atoms with Crippen molar-refractivity contribution in [3.05, 3.63) is 108 Å². The smallest absolute Gasteiger partial charge is 0.255 e. The van der Waals surface area contributed by atoms with Gasteiger partial charge in [0, 0.05) is 72.5 Å². The first-order valence-corrected chi connectivity index (χ1v) is 11.7. The third-order valence-corrected chi connectivity index (χ3v) is 5.10. The summed E-state index contributed by atoms with van der Waals surface area (Å²) < 4.78 is 0. The number of nitrogens with one attached hydrogen (secondary N) is 4. The molecule has 0 radical (unpaired) electrons. The first kappa shape index (κ1) is 26.0. The predicted octanol–water partition coefficient (Wildman–Crippen LogP) is 3.16. The molecule has 0 bridgehead atoms. The summed E-state index contributed by atoms with van der Waals surface area (Å²) in [4.78, 5) is 44.8. The minimum absolute atomic E-state index is 0.178. The molecule has 1 aromatic carbocycles. The van der Waals surface area contributed by atoms with Crippen molar-refractivity contribution in [1.29, 1.82) is 0 Å². The largest absolute Gasteiger partial charge is 0.387 e. The topological polar surface area (TPSA) is 115 Å². The molecule has 2 aliphatic rings. The van der Waals surface area contributed by atoms with Gasteiger partial charge >= 0.3 is 0 Å². The van der Waals surface area contributed by atoms with Crippen molar-refractivity contribution >= 4 is 23.4 Å². The number of hydrogen-bond acceptors (Lipinski definition) is 6. The third-order valence-electron chi connectivity index (χ3n) is 5.10. The van der Waals surface area contributed by atoms with Crippen LogP contribution in [-0.4, -0.2) is 47.7 Å². The number of carbonyl (C=O) groups excluding carboxylic acids is 3. The van der Waals surface area contributed by atoms with Gasteiger partial charge in [0.05, 0.1) is 0 Å². The number of rotatable bonds is 6. The molecule has 0 saturated heterocycles. The van der Waals surface area contributed by atoms with E-state index in [1.54, 1.807) is 42.9 Å². The van der Waals surface area contributed by atoms with Crippen molar-refractivity contribution in [2.45, 2.75) is 13.8 Å². The average Bonchev–Trinajstić information content (AvgIpc) is 2.92. The van der Waals surface area contributed by atoms with Gasteiger partial charge in [0.2, 0.25) is 0 Å². The molecule has 2 aliphatic heterocycles. The van der Waals surface area contributed by atoms with E-state index in [1.165, 1.54) is 18.2 Å². The van der Waals surface area contributed by atoms with E-state index >= 15 is 0 Å². The molecule has 9 nitrogen and oxygen atoms in total. The number of likely N-dealkylation sites (N-methyl/N-ethyl adjacent to an activating group) is 1. The predicted molar refractivity (Wildman–Crippen MR) is 140 cm³/mol. The van der Waals surface area contributed by atoms with Crippen LogP contribution in [0.1, 0.15) is 44.9 Å². The van der Waals surface area contributed by atoms with E-state index < -0.39 is 17.7 Å². The zero-order valence-corrected chi connectivity index (χ0v) is 20.5. The number of benzene rings is 1. The molecule has 4 N–H and O–H groups in total. The van der Waals surface area contributed by atoms with Gasteiger partial charge in [0.1, 0.15) is 0 Å². The van der Waals surface area contributed by atoms with Gasteiger partial charge in [-0.3, -0.25) is 19.4 Å². The molecule has 186 valence electrons. The van der Waals surface area contributed by atoms with Crippen LogP contribution < -0.4 is 21.3 Å². The maximum Gasteiger partial charge on any atom is 0.255 e. The Morgan fingerprint density at radius 1 is 0.833 bits per heavy atom. The normalized spacial score (nSPS) is 13.8. The second-order valence-corrected chi connectivity index (χ2v) is 7.71. The number of nitrogens with zero attached hydrogens (tertiary/aromatic N) is 2. The Morgan fingerprint density at radius 3 is 1.89 bits per heavy atom. The summed E-state index contributed by atoms with van der Waals surface area (Å²) in [5.41, 5.74) is 2.38. The Morgan fingerprint density at radius 2 is 1.39 bits per heavy atom. The highest BCUT2D eigenvalue weighted by molar-refractivity contribution is 6.09. The van der Waals surface area contributed by atoms with Crippen LogP contribution in [0.5, 0.6) is 0 Å². The van der Waals surface area contributed by atoms with Crippen LogP contribution in [0, 0.1) is 0 Å². The second kappa shape index (κ2) is 12.7. The van der Waals surface area contributed by atoms with Crippen molar-refractivity contribution in [2.24, 2.45) is 0 Å².